The zero-order chi connectivity index (χ0) is 49.0. The van der Waals surface area contributed by atoms with E-state index in [9.17, 15) is 0 Å². The molecular weight excluding hydrogens is 865 g/mol. The molecule has 2 aromatic heterocycles. The molecule has 2 unspecified atom stereocenters. The zero-order valence-corrected chi connectivity index (χ0v) is 42.9. The third-order valence-electron chi connectivity index (χ3n) is 13.7. The van der Waals surface area contributed by atoms with E-state index in [0.717, 1.165) is 119 Å². The molecule has 2 heterocycles. The lowest BCUT2D eigenvalue weighted by Crippen LogP contribution is -2.50. The van der Waals surface area contributed by atoms with E-state index in [2.05, 4.69) is 101 Å². The number of pyridine rings is 2. The van der Waals surface area contributed by atoms with Crippen LogP contribution in [-0.2, 0) is 4.74 Å². The molecule has 11 nitrogen and oxygen atoms in total. The minimum atomic E-state index is 0.0677. The van der Waals surface area contributed by atoms with Crippen LogP contribution < -0.4 is 43.4 Å². The number of ether oxygens (including phenoxy) is 1. The topological polar surface area (TPSA) is 159 Å². The molecule has 0 radical (unpaired) electrons. The highest BCUT2D eigenvalue weighted by Gasteiger charge is 2.23. The van der Waals surface area contributed by atoms with Crippen LogP contribution in [0.1, 0.15) is 129 Å². The van der Waals surface area contributed by atoms with Gasteiger partial charge in [-0.15, -0.1) is 0 Å². The molecule has 2 atom stereocenters. The van der Waals surface area contributed by atoms with Crippen LogP contribution in [0.4, 0.5) is 22.7 Å². The summed E-state index contributed by atoms with van der Waals surface area (Å²) in [5.74, 6) is 0. The third-order valence-corrected chi connectivity index (χ3v) is 13.7. The monoisotopic (exact) mass is 953 g/mol. The maximum atomic E-state index is 6.01. The van der Waals surface area contributed by atoms with Gasteiger partial charge in [0.2, 0.25) is 0 Å². The molecule has 0 fully saturated rings. The summed E-state index contributed by atoms with van der Waals surface area (Å²) >= 11 is 0. The van der Waals surface area contributed by atoms with Gasteiger partial charge in [0.05, 0.1) is 28.3 Å². The van der Waals surface area contributed by atoms with E-state index in [1.807, 2.05) is 36.4 Å². The zero-order valence-electron chi connectivity index (χ0n) is 42.9. The number of benzene rings is 4. The van der Waals surface area contributed by atoms with Gasteiger partial charge in [-0.05, 0) is 165 Å². The quantitative estimate of drug-likeness (QED) is 0.00808. The van der Waals surface area contributed by atoms with Crippen LogP contribution in [0.3, 0.4) is 0 Å². The maximum Gasteiger partial charge on any atom is 0.128 e. The van der Waals surface area contributed by atoms with Crippen molar-refractivity contribution in [2.75, 3.05) is 74.5 Å². The van der Waals surface area contributed by atoms with Crippen molar-refractivity contribution in [3.63, 3.8) is 0 Å². The Labute approximate surface area is 420 Å². The highest BCUT2D eigenvalue weighted by molar-refractivity contribution is 5.96. The number of hydrogen-bond acceptors (Lipinski definition) is 11. The normalized spacial score (nSPS) is 13.0. The molecule has 6 aromatic rings. The summed E-state index contributed by atoms with van der Waals surface area (Å²) in [5.41, 5.74) is 19.6. The lowest BCUT2D eigenvalue weighted by molar-refractivity contribution is 0.0792. The average molecular weight is 953 g/mol. The fourth-order valence-electron chi connectivity index (χ4n) is 9.55. The number of unbranched alkanes of at least 4 members (excludes halogenated alkanes) is 14. The van der Waals surface area contributed by atoms with E-state index in [1.54, 1.807) is 6.26 Å². The van der Waals surface area contributed by atoms with Crippen molar-refractivity contribution in [3.05, 3.63) is 97.8 Å². The Bertz CT molecular complexity index is 2260. The summed E-state index contributed by atoms with van der Waals surface area (Å²) in [6.45, 7) is 16.8. The highest BCUT2D eigenvalue weighted by atomic mass is 16.5. The van der Waals surface area contributed by atoms with E-state index in [1.165, 1.54) is 116 Å². The number of nitrogens with zero attached hydrogens (tertiary/aromatic N) is 2. The van der Waals surface area contributed by atoms with Crippen LogP contribution >= 0.6 is 0 Å². The first-order valence-corrected chi connectivity index (χ1v) is 27.2. The minimum absolute atomic E-state index is 0.0677. The molecule has 6 rings (SSSR count). The van der Waals surface area contributed by atoms with Gasteiger partial charge in [-0.3, -0.25) is 0 Å². The molecule has 0 aliphatic carbocycles. The molecule has 380 valence electrons. The number of anilines is 4. The van der Waals surface area contributed by atoms with Crippen molar-refractivity contribution < 1.29 is 4.74 Å². The largest absolute Gasteiger partial charge is 0.495 e. The van der Waals surface area contributed by atoms with Gasteiger partial charge in [-0.25, -0.2) is 9.97 Å². The summed E-state index contributed by atoms with van der Waals surface area (Å²) in [7, 11) is 0. The first kappa shape index (κ1) is 54.1. The van der Waals surface area contributed by atoms with Gasteiger partial charge in [0.1, 0.15) is 6.10 Å². The molecule has 0 bridgehead atoms. The van der Waals surface area contributed by atoms with Gasteiger partial charge in [0.15, 0.2) is 0 Å². The van der Waals surface area contributed by atoms with Gasteiger partial charge in [0, 0.05) is 69.5 Å². The molecule has 0 aliphatic rings. The number of hydrogen-bond donors (Lipinski definition) is 8. The second-order valence-corrected chi connectivity index (χ2v) is 19.7. The van der Waals surface area contributed by atoms with Crippen LogP contribution in [0, 0.1) is 0 Å². The minimum Gasteiger partial charge on any atom is -0.495 e. The molecule has 11 heteroatoms. The fraction of sp³-hybridized carbons (Fsp3) is 0.525. The smallest absolute Gasteiger partial charge is 0.128 e. The van der Waals surface area contributed by atoms with Crippen LogP contribution in [0.2, 0.25) is 0 Å². The summed E-state index contributed by atoms with van der Waals surface area (Å²) in [5, 5.41) is 26.5. The highest BCUT2D eigenvalue weighted by Crippen LogP contribution is 2.26. The summed E-state index contributed by atoms with van der Waals surface area (Å²) in [4.78, 5) is 9.66. The molecule has 4 aromatic carbocycles. The second kappa shape index (κ2) is 31.2. The molecule has 10 N–H and O–H groups in total. The number of fused-ring (bicyclic) bond motifs is 4. The van der Waals surface area contributed by atoms with Crippen molar-refractivity contribution in [2.24, 2.45) is 0 Å². The van der Waals surface area contributed by atoms with Crippen LogP contribution in [0.5, 0.6) is 0 Å². The van der Waals surface area contributed by atoms with E-state index in [0.29, 0.717) is 0 Å². The van der Waals surface area contributed by atoms with Gasteiger partial charge < -0.3 is 48.1 Å². The van der Waals surface area contributed by atoms with E-state index in [-0.39, 0.29) is 18.2 Å². The Kier molecular flexibility index (Phi) is 24.1. The Morgan fingerprint density at radius 3 is 1.16 bits per heavy atom. The summed E-state index contributed by atoms with van der Waals surface area (Å²) < 4.78 is 6.01. The van der Waals surface area contributed by atoms with Crippen LogP contribution in [0.15, 0.2) is 97.8 Å². The first-order valence-electron chi connectivity index (χ1n) is 27.2. The van der Waals surface area contributed by atoms with E-state index in [4.69, 9.17) is 26.2 Å². The Morgan fingerprint density at radius 2 is 0.757 bits per heavy atom. The van der Waals surface area contributed by atoms with Crippen molar-refractivity contribution in [2.45, 2.75) is 148 Å². The van der Waals surface area contributed by atoms with Gasteiger partial charge >= 0.3 is 0 Å². The molecule has 0 saturated heterocycles. The van der Waals surface area contributed by atoms with Crippen molar-refractivity contribution in [3.8, 4) is 0 Å². The van der Waals surface area contributed by atoms with Gasteiger partial charge in [-0.2, -0.15) is 0 Å². The second-order valence-electron chi connectivity index (χ2n) is 19.7. The summed E-state index contributed by atoms with van der Waals surface area (Å²) in [6, 6.07) is 29.6. The number of nitrogen functional groups attached to an aromatic ring is 2. The number of aromatic nitrogens is 2. The predicted octanol–water partition coefficient (Wildman–Crippen LogP) is 12.5. The number of nitrogens with one attached hydrogen (secondary N) is 6. The van der Waals surface area contributed by atoms with Crippen LogP contribution in [-0.4, -0.2) is 80.5 Å². The summed E-state index contributed by atoms with van der Waals surface area (Å²) in [6.07, 6.45) is 24.3. The standard InChI is InChI=1S/C59H88N10O/c1-4-70-59(45(2)64-35-19-11-7-5-9-15-31-62-33-17-13-21-37-66-53-29-25-49-39-47-23-27-51(60)41-55(47)68-57(49)43-53)46(3)65-36-20-12-8-6-10-16-32-63-34-18-14-22-38-67-54-30-26-50-40-48-24-28-52(61)42-56(48)69-58(50)44-54/h4,23-30,39-46,59,62-67H,1,5-22,31-38,60-61H2,2-3H3. The fourth-order valence-corrected chi connectivity index (χ4v) is 9.55. The Hall–Kier alpha value is -5.20. The molecule has 0 amide bonds. The Balaban J connectivity index is 0.663. The number of nitrogens with two attached hydrogens (primary N) is 2. The third kappa shape index (κ3) is 19.2. The van der Waals surface area contributed by atoms with Crippen molar-refractivity contribution in [1.82, 2.24) is 31.2 Å². The van der Waals surface area contributed by atoms with Gasteiger partial charge in [-0.1, -0.05) is 95.1 Å². The maximum absolute atomic E-state index is 6.01. The molecule has 70 heavy (non-hydrogen) atoms. The SMILES string of the molecule is C=COC(C(C)NCCCCCCCCNCCCCCNc1ccc2cc3ccc(N)cc3nc2c1)C(C)NCCCCCCCCNCCCCCNc1ccc2cc3ccc(N)cc3nc2c1. The van der Waals surface area contributed by atoms with Crippen LogP contribution in [0.25, 0.3) is 43.6 Å². The molecule has 0 saturated carbocycles. The average Bonchev–Trinajstić information content (AvgIpc) is 3.36. The van der Waals surface area contributed by atoms with E-state index >= 15 is 0 Å². The van der Waals surface area contributed by atoms with Crippen molar-refractivity contribution >= 4 is 66.4 Å². The Morgan fingerprint density at radius 1 is 0.429 bits per heavy atom. The van der Waals surface area contributed by atoms with E-state index < -0.39 is 0 Å². The molecule has 0 spiro atoms. The predicted molar refractivity (Wildman–Crippen MR) is 303 cm³/mol. The molecular formula is C59H88N10O. The lowest BCUT2D eigenvalue weighted by Gasteiger charge is -2.30. The van der Waals surface area contributed by atoms with Crippen molar-refractivity contribution in [1.29, 1.82) is 0 Å². The number of rotatable bonds is 38. The molecule has 0 aliphatic heterocycles. The first-order chi connectivity index (χ1) is 34.4. The lowest BCUT2D eigenvalue weighted by atomic mass is 10.0. The van der Waals surface area contributed by atoms with Gasteiger partial charge in [0.25, 0.3) is 0 Å².